The molecule has 0 N–H and O–H groups in total. The highest BCUT2D eigenvalue weighted by molar-refractivity contribution is 6.09. The van der Waals surface area contributed by atoms with Crippen LogP contribution in [0, 0.1) is 5.41 Å². The predicted octanol–water partition coefficient (Wildman–Crippen LogP) is 2.90. The fraction of sp³-hybridized carbons (Fsp3) is 0.500. The largest absolute Gasteiger partial charge is 0.399 e. The fourth-order valence-corrected chi connectivity index (χ4v) is 1.81. The van der Waals surface area contributed by atoms with E-state index < -0.39 is 11.6 Å². The van der Waals surface area contributed by atoms with Gasteiger partial charge in [-0.2, -0.15) is 13.2 Å². The Kier molecular flexibility index (Phi) is 1.84. The number of aliphatic imine (C=N–C) groups is 1. The van der Waals surface area contributed by atoms with Crippen LogP contribution in [0.2, 0.25) is 0 Å². The van der Waals surface area contributed by atoms with Crippen LogP contribution < -0.4 is 0 Å². The van der Waals surface area contributed by atoms with Crippen LogP contribution in [-0.2, 0) is 0 Å². The Hall–Kier alpha value is -1.06. The maximum Gasteiger partial charge on any atom is 0.399 e. The van der Waals surface area contributed by atoms with Gasteiger partial charge in [-0.05, 0) is 18.4 Å². The summed E-state index contributed by atoms with van der Waals surface area (Å²) in [5.41, 5.74) is -0.899. The summed E-state index contributed by atoms with van der Waals surface area (Å²) in [4.78, 5) is 3.92. The van der Waals surface area contributed by atoms with Crippen LogP contribution in [0.4, 0.5) is 13.2 Å². The van der Waals surface area contributed by atoms with Crippen molar-refractivity contribution in [3.63, 3.8) is 0 Å². The topological polar surface area (TPSA) is 12.4 Å². The van der Waals surface area contributed by atoms with E-state index in [1.165, 1.54) is 6.08 Å². The molecule has 0 amide bonds. The van der Waals surface area contributed by atoms with Crippen LogP contribution in [0.15, 0.2) is 29.3 Å². The fourth-order valence-electron chi connectivity index (χ4n) is 1.81. The summed E-state index contributed by atoms with van der Waals surface area (Å²) in [7, 11) is 0. The number of nitrogens with zero attached hydrogens (tertiary/aromatic N) is 1. The van der Waals surface area contributed by atoms with Gasteiger partial charge in [0.1, 0.15) is 5.41 Å². The number of alkyl halides is 3. The minimum atomic E-state index is -4.17. The van der Waals surface area contributed by atoms with Gasteiger partial charge in [0.25, 0.3) is 0 Å². The second kappa shape index (κ2) is 2.72. The molecule has 0 unspecified atom stereocenters. The molecule has 0 saturated heterocycles. The number of allylic oxidation sites excluding steroid dienone is 2. The highest BCUT2D eigenvalue weighted by Gasteiger charge is 2.66. The van der Waals surface area contributed by atoms with Gasteiger partial charge in [0.2, 0.25) is 0 Å². The van der Waals surface area contributed by atoms with E-state index in [1.54, 1.807) is 6.08 Å². The lowest BCUT2D eigenvalue weighted by Crippen LogP contribution is -2.32. The zero-order valence-corrected chi connectivity index (χ0v) is 7.56. The zero-order chi connectivity index (χ0) is 10.4. The number of hydrogen-bond acceptors (Lipinski definition) is 1. The van der Waals surface area contributed by atoms with E-state index in [0.717, 1.165) is 0 Å². The minimum absolute atomic E-state index is 0.167. The average molecular weight is 201 g/mol. The number of hydrogen-bond donors (Lipinski definition) is 0. The predicted molar refractivity (Wildman–Crippen MR) is 48.3 cm³/mol. The molecule has 0 aromatic carbocycles. The van der Waals surface area contributed by atoms with Crippen molar-refractivity contribution in [1.82, 2.24) is 0 Å². The Morgan fingerprint density at radius 2 is 2.07 bits per heavy atom. The lowest BCUT2D eigenvalue weighted by Gasteiger charge is -2.20. The first-order valence-electron chi connectivity index (χ1n) is 4.46. The molecule has 0 bridgehead atoms. The van der Waals surface area contributed by atoms with E-state index in [1.807, 2.05) is 0 Å². The van der Waals surface area contributed by atoms with Crippen LogP contribution in [0.5, 0.6) is 0 Å². The molecule has 1 aliphatic heterocycles. The van der Waals surface area contributed by atoms with Crippen molar-refractivity contribution in [2.24, 2.45) is 10.4 Å². The Labute approximate surface area is 80.0 Å². The summed E-state index contributed by atoms with van der Waals surface area (Å²) in [6.45, 7) is 3.86. The van der Waals surface area contributed by atoms with Crippen molar-refractivity contribution < 1.29 is 13.2 Å². The second-order valence-corrected chi connectivity index (χ2v) is 3.63. The van der Waals surface area contributed by atoms with Crippen LogP contribution in [0.1, 0.15) is 12.8 Å². The molecule has 0 atom stereocenters. The summed E-state index contributed by atoms with van der Waals surface area (Å²) >= 11 is 0. The van der Waals surface area contributed by atoms with Gasteiger partial charge in [0, 0.05) is 0 Å². The van der Waals surface area contributed by atoms with E-state index in [2.05, 4.69) is 11.6 Å². The monoisotopic (exact) mass is 201 g/mol. The van der Waals surface area contributed by atoms with E-state index >= 15 is 0 Å². The average Bonchev–Trinajstić information content (AvgIpc) is 2.78. The van der Waals surface area contributed by atoms with Gasteiger partial charge in [-0.15, -0.1) is 0 Å². The summed E-state index contributed by atoms with van der Waals surface area (Å²) in [5.74, 6) is 0. The quantitative estimate of drug-likeness (QED) is 0.651. The van der Waals surface area contributed by atoms with Gasteiger partial charge in [-0.25, -0.2) is 0 Å². The molecular weight excluding hydrogens is 191 g/mol. The van der Waals surface area contributed by atoms with Crippen molar-refractivity contribution in [3.8, 4) is 0 Å². The molecule has 1 saturated carbocycles. The van der Waals surface area contributed by atoms with Gasteiger partial charge in [-0.3, -0.25) is 4.99 Å². The molecule has 0 aromatic heterocycles. The maximum absolute atomic E-state index is 12.7. The van der Waals surface area contributed by atoms with Gasteiger partial charge in [0.15, 0.2) is 0 Å². The Balaban J connectivity index is 2.33. The summed E-state index contributed by atoms with van der Waals surface area (Å²) in [6, 6.07) is 0. The smallest absolute Gasteiger partial charge is 0.284 e. The minimum Gasteiger partial charge on any atom is -0.284 e. The molecule has 2 rings (SSSR count). The van der Waals surface area contributed by atoms with Crippen molar-refractivity contribution in [1.29, 1.82) is 0 Å². The molecule has 1 heterocycles. The highest BCUT2D eigenvalue weighted by atomic mass is 19.4. The molecule has 1 nitrogen and oxygen atoms in total. The normalized spacial score (nSPS) is 24.2. The maximum atomic E-state index is 12.7. The molecule has 0 aromatic rings. The van der Waals surface area contributed by atoms with Gasteiger partial charge >= 0.3 is 6.18 Å². The lowest BCUT2D eigenvalue weighted by molar-refractivity contribution is -0.165. The molecule has 1 aliphatic carbocycles. The summed E-state index contributed by atoms with van der Waals surface area (Å²) in [5, 5.41) is 0. The first kappa shape index (κ1) is 9.49. The summed E-state index contributed by atoms with van der Waals surface area (Å²) < 4.78 is 38.1. The Morgan fingerprint density at radius 3 is 2.50 bits per heavy atom. The van der Waals surface area contributed by atoms with Crippen LogP contribution in [0.25, 0.3) is 0 Å². The zero-order valence-electron chi connectivity index (χ0n) is 7.56. The molecular formula is C10H10F3N. The van der Waals surface area contributed by atoms with Gasteiger partial charge in [-0.1, -0.05) is 18.7 Å². The standard InChI is InChI=1S/C10H10F3N/c1-2-7-3-6-14-8(7)9(4-5-9)10(11,12)13/h2-3H,1,4-6H2. The van der Waals surface area contributed by atoms with Crippen LogP contribution in [0.3, 0.4) is 0 Å². The van der Waals surface area contributed by atoms with Crippen molar-refractivity contribution in [3.05, 3.63) is 24.3 Å². The van der Waals surface area contributed by atoms with Crippen molar-refractivity contribution in [2.45, 2.75) is 19.0 Å². The van der Waals surface area contributed by atoms with E-state index in [0.29, 0.717) is 12.1 Å². The van der Waals surface area contributed by atoms with E-state index in [-0.39, 0.29) is 18.6 Å². The SMILES string of the molecule is C=CC1=CCN=C1C1(C(F)(F)F)CC1. The van der Waals surface area contributed by atoms with E-state index in [9.17, 15) is 13.2 Å². The molecule has 0 spiro atoms. The summed E-state index contributed by atoms with van der Waals surface area (Å²) in [6.07, 6.45) is -0.689. The van der Waals surface area contributed by atoms with Crippen LogP contribution in [-0.4, -0.2) is 18.4 Å². The van der Waals surface area contributed by atoms with Gasteiger partial charge < -0.3 is 0 Å². The van der Waals surface area contributed by atoms with Crippen molar-refractivity contribution in [2.75, 3.05) is 6.54 Å². The Bertz CT molecular complexity index is 332. The first-order chi connectivity index (χ1) is 6.51. The number of halogens is 3. The third-order valence-corrected chi connectivity index (χ3v) is 2.80. The van der Waals surface area contributed by atoms with Gasteiger partial charge in [0.05, 0.1) is 12.3 Å². The third-order valence-electron chi connectivity index (χ3n) is 2.80. The molecule has 0 radical (unpaired) electrons. The first-order valence-corrected chi connectivity index (χ1v) is 4.46. The molecule has 76 valence electrons. The lowest BCUT2D eigenvalue weighted by atomic mass is 9.94. The van der Waals surface area contributed by atoms with E-state index in [4.69, 9.17) is 0 Å². The molecule has 14 heavy (non-hydrogen) atoms. The molecule has 4 heteroatoms. The highest BCUT2D eigenvalue weighted by Crippen LogP contribution is 2.60. The van der Waals surface area contributed by atoms with Crippen LogP contribution >= 0.6 is 0 Å². The number of rotatable bonds is 2. The third kappa shape index (κ3) is 1.13. The second-order valence-electron chi connectivity index (χ2n) is 3.63. The molecule has 2 aliphatic rings. The van der Waals surface area contributed by atoms with Crippen molar-refractivity contribution >= 4 is 5.71 Å². The molecule has 1 fully saturated rings. The Morgan fingerprint density at radius 1 is 1.43 bits per heavy atom.